The molecule has 0 spiro atoms. The number of hydrogen-bond acceptors (Lipinski definition) is 4. The average Bonchev–Trinajstić information content (AvgIpc) is 3.10. The molecule has 6 nitrogen and oxygen atoms in total. The highest BCUT2D eigenvalue weighted by molar-refractivity contribution is 5.89. The van der Waals surface area contributed by atoms with Gasteiger partial charge in [0, 0.05) is 67.8 Å². The van der Waals surface area contributed by atoms with E-state index in [0.29, 0.717) is 24.2 Å². The van der Waals surface area contributed by atoms with Crippen molar-refractivity contribution in [3.8, 4) is 0 Å². The Kier molecular flexibility index (Phi) is 5.36. The molecular weight excluding hydrogens is 359 g/mol. The Morgan fingerprint density at radius 1 is 1.18 bits per heavy atom. The van der Waals surface area contributed by atoms with Crippen molar-refractivity contribution in [1.82, 2.24) is 19.8 Å². The number of H-pyrrole nitrogens is 1. The molecule has 1 atom stereocenters. The summed E-state index contributed by atoms with van der Waals surface area (Å²) in [4.78, 5) is 23.5. The largest absolute Gasteiger partial charge is 0.480 e. The number of halogens is 1. The topological polar surface area (TPSA) is 72.5 Å². The Bertz CT molecular complexity index is 951. The fourth-order valence-electron chi connectivity index (χ4n) is 3.91. The number of hydrogen-bond donors (Lipinski definition) is 2. The van der Waals surface area contributed by atoms with E-state index in [2.05, 4.69) is 14.9 Å². The molecule has 1 aliphatic rings. The first-order chi connectivity index (χ1) is 13.6. The molecule has 2 aromatic heterocycles. The van der Waals surface area contributed by atoms with Crippen molar-refractivity contribution in [2.75, 3.05) is 32.7 Å². The summed E-state index contributed by atoms with van der Waals surface area (Å²) in [6, 6.07) is 7.73. The Balaban J connectivity index is 1.43. The van der Waals surface area contributed by atoms with E-state index in [1.165, 1.54) is 17.7 Å². The summed E-state index contributed by atoms with van der Waals surface area (Å²) in [5.74, 6) is -1.22. The predicted molar refractivity (Wildman–Crippen MR) is 105 cm³/mol. The van der Waals surface area contributed by atoms with Crippen LogP contribution in [0.25, 0.3) is 10.9 Å². The Morgan fingerprint density at radius 2 is 1.93 bits per heavy atom. The highest BCUT2D eigenvalue weighted by Crippen LogP contribution is 2.30. The van der Waals surface area contributed by atoms with E-state index in [4.69, 9.17) is 0 Å². The second kappa shape index (κ2) is 8.08. The maximum absolute atomic E-state index is 13.4. The van der Waals surface area contributed by atoms with Crippen LogP contribution in [-0.4, -0.2) is 63.6 Å². The van der Waals surface area contributed by atoms with Crippen LogP contribution in [0.15, 0.2) is 48.9 Å². The lowest BCUT2D eigenvalue weighted by molar-refractivity contribution is -0.144. The molecule has 2 N–H and O–H groups in total. The lowest BCUT2D eigenvalue weighted by atomic mass is 10.0. The SMILES string of the molecule is O=C(O)[C@@H](c1c[nH]c2cc(F)ccc12)N1CCN(CCc2ccncc2)CC1. The Labute approximate surface area is 162 Å². The zero-order valence-corrected chi connectivity index (χ0v) is 15.5. The summed E-state index contributed by atoms with van der Waals surface area (Å²) in [7, 11) is 0. The molecule has 3 aromatic rings. The summed E-state index contributed by atoms with van der Waals surface area (Å²) in [6.45, 7) is 3.96. The maximum atomic E-state index is 13.4. The molecule has 0 unspecified atom stereocenters. The van der Waals surface area contributed by atoms with Crippen molar-refractivity contribution in [2.24, 2.45) is 0 Å². The van der Waals surface area contributed by atoms with Gasteiger partial charge in [-0.25, -0.2) is 4.39 Å². The summed E-state index contributed by atoms with van der Waals surface area (Å²) in [6.07, 6.45) is 6.26. The predicted octanol–water partition coefficient (Wildman–Crippen LogP) is 2.69. The highest BCUT2D eigenvalue weighted by Gasteiger charge is 2.32. The van der Waals surface area contributed by atoms with Gasteiger partial charge in [0.05, 0.1) is 0 Å². The molecule has 1 saturated heterocycles. The number of carbonyl (C=O) groups is 1. The van der Waals surface area contributed by atoms with Crippen molar-refractivity contribution < 1.29 is 14.3 Å². The van der Waals surface area contributed by atoms with E-state index in [9.17, 15) is 14.3 Å². The second-order valence-corrected chi connectivity index (χ2v) is 7.16. The molecule has 7 heteroatoms. The highest BCUT2D eigenvalue weighted by atomic mass is 19.1. The lowest BCUT2D eigenvalue weighted by Gasteiger charge is -2.37. The standard InChI is InChI=1S/C21H23FN4O2/c22-16-1-2-17-18(14-24-19(17)13-16)20(21(27)28)26-11-9-25(10-12-26)8-5-15-3-6-23-7-4-15/h1-4,6-7,13-14,20,24H,5,8-12H2,(H,27,28)/t20-/m1/s1. The molecule has 28 heavy (non-hydrogen) atoms. The van der Waals surface area contributed by atoms with Gasteiger partial charge in [0.15, 0.2) is 0 Å². The molecule has 1 fully saturated rings. The molecular formula is C21H23FN4O2. The Hall–Kier alpha value is -2.77. The number of carboxylic acids is 1. The van der Waals surface area contributed by atoms with Crippen molar-refractivity contribution in [3.63, 3.8) is 0 Å². The number of aliphatic carboxylic acids is 1. The summed E-state index contributed by atoms with van der Waals surface area (Å²) in [5.41, 5.74) is 2.57. The van der Waals surface area contributed by atoms with E-state index in [-0.39, 0.29) is 5.82 Å². The molecule has 0 saturated carbocycles. The third-order valence-corrected chi connectivity index (χ3v) is 5.44. The van der Waals surface area contributed by atoms with Gasteiger partial charge in [-0.05, 0) is 42.3 Å². The van der Waals surface area contributed by atoms with E-state index >= 15 is 0 Å². The minimum absolute atomic E-state index is 0.337. The van der Waals surface area contributed by atoms with Crippen LogP contribution in [0.1, 0.15) is 17.2 Å². The van der Waals surface area contributed by atoms with Gasteiger partial charge in [0.2, 0.25) is 0 Å². The maximum Gasteiger partial charge on any atom is 0.325 e. The molecule has 0 radical (unpaired) electrons. The number of pyridine rings is 1. The number of carboxylic acid groups (broad SMARTS) is 1. The zero-order valence-electron chi connectivity index (χ0n) is 15.5. The van der Waals surface area contributed by atoms with E-state index < -0.39 is 12.0 Å². The molecule has 0 amide bonds. The van der Waals surface area contributed by atoms with Gasteiger partial charge in [-0.3, -0.25) is 14.7 Å². The third-order valence-electron chi connectivity index (χ3n) is 5.44. The van der Waals surface area contributed by atoms with Crippen LogP contribution in [0.4, 0.5) is 4.39 Å². The number of piperazine rings is 1. The molecule has 1 aliphatic heterocycles. The molecule has 0 bridgehead atoms. The van der Waals surface area contributed by atoms with Crippen LogP contribution < -0.4 is 0 Å². The van der Waals surface area contributed by atoms with Gasteiger partial charge in [-0.1, -0.05) is 0 Å². The van der Waals surface area contributed by atoms with Crippen LogP contribution in [-0.2, 0) is 11.2 Å². The van der Waals surface area contributed by atoms with Gasteiger partial charge in [0.25, 0.3) is 0 Å². The van der Waals surface area contributed by atoms with Gasteiger partial charge >= 0.3 is 5.97 Å². The zero-order chi connectivity index (χ0) is 19.5. The van der Waals surface area contributed by atoms with E-state index in [1.807, 2.05) is 17.0 Å². The molecule has 4 rings (SSSR count). The van der Waals surface area contributed by atoms with Crippen molar-refractivity contribution in [1.29, 1.82) is 0 Å². The van der Waals surface area contributed by atoms with Gasteiger partial charge in [-0.2, -0.15) is 0 Å². The van der Waals surface area contributed by atoms with Gasteiger partial charge in [-0.15, -0.1) is 0 Å². The molecule has 0 aliphatic carbocycles. The summed E-state index contributed by atoms with van der Waals surface area (Å²) >= 11 is 0. The monoisotopic (exact) mass is 382 g/mol. The number of nitrogens with zero attached hydrogens (tertiary/aromatic N) is 3. The van der Waals surface area contributed by atoms with Gasteiger partial charge < -0.3 is 15.0 Å². The fourth-order valence-corrected chi connectivity index (χ4v) is 3.91. The smallest absolute Gasteiger partial charge is 0.325 e. The Morgan fingerprint density at radius 3 is 2.64 bits per heavy atom. The number of benzene rings is 1. The lowest BCUT2D eigenvalue weighted by Crippen LogP contribution is -2.49. The fraction of sp³-hybridized carbons (Fsp3) is 0.333. The molecule has 3 heterocycles. The van der Waals surface area contributed by atoms with E-state index in [1.54, 1.807) is 24.7 Å². The number of aromatic amines is 1. The normalized spacial score (nSPS) is 17.0. The first-order valence-corrected chi connectivity index (χ1v) is 9.46. The third kappa shape index (κ3) is 3.90. The number of rotatable bonds is 6. The van der Waals surface area contributed by atoms with Crippen molar-refractivity contribution in [3.05, 3.63) is 65.9 Å². The summed E-state index contributed by atoms with van der Waals surface area (Å²) in [5, 5.41) is 10.6. The number of aromatic nitrogens is 2. The van der Waals surface area contributed by atoms with Crippen LogP contribution in [0, 0.1) is 5.82 Å². The minimum Gasteiger partial charge on any atom is -0.480 e. The van der Waals surface area contributed by atoms with E-state index in [0.717, 1.165) is 31.4 Å². The van der Waals surface area contributed by atoms with Crippen LogP contribution in [0.3, 0.4) is 0 Å². The quantitative estimate of drug-likeness (QED) is 0.686. The van der Waals surface area contributed by atoms with Crippen molar-refractivity contribution in [2.45, 2.75) is 12.5 Å². The van der Waals surface area contributed by atoms with Gasteiger partial charge in [0.1, 0.15) is 11.9 Å². The van der Waals surface area contributed by atoms with Crippen LogP contribution in [0.2, 0.25) is 0 Å². The molecule has 146 valence electrons. The van der Waals surface area contributed by atoms with Crippen LogP contribution >= 0.6 is 0 Å². The molecule has 1 aromatic carbocycles. The number of fused-ring (bicyclic) bond motifs is 1. The first kappa shape index (κ1) is 18.6. The van der Waals surface area contributed by atoms with Crippen molar-refractivity contribution >= 4 is 16.9 Å². The van der Waals surface area contributed by atoms with Crippen LogP contribution in [0.5, 0.6) is 0 Å². The number of nitrogens with one attached hydrogen (secondary N) is 1. The minimum atomic E-state index is -0.879. The second-order valence-electron chi connectivity index (χ2n) is 7.16. The first-order valence-electron chi connectivity index (χ1n) is 9.46. The summed E-state index contributed by atoms with van der Waals surface area (Å²) < 4.78 is 13.4. The average molecular weight is 382 g/mol.